The van der Waals surface area contributed by atoms with Crippen molar-refractivity contribution >= 4 is 45.7 Å². The zero-order valence-electron chi connectivity index (χ0n) is 10.9. The maximum absolute atomic E-state index is 6.31. The number of aromatic amines is 1. The quantitative estimate of drug-likeness (QED) is 0.756. The maximum atomic E-state index is 6.31. The van der Waals surface area contributed by atoms with Gasteiger partial charge in [0.05, 0.1) is 17.4 Å². The van der Waals surface area contributed by atoms with Crippen LogP contribution in [-0.2, 0) is 0 Å². The monoisotopic (exact) mass is 319 g/mol. The van der Waals surface area contributed by atoms with Crippen molar-refractivity contribution in [3.8, 4) is 0 Å². The van der Waals surface area contributed by atoms with E-state index in [0.29, 0.717) is 22.7 Å². The fraction of sp³-hybridized carbons (Fsp3) is 0.214. The number of hydrogen-bond donors (Lipinski definition) is 2. The van der Waals surface area contributed by atoms with Crippen LogP contribution in [0.5, 0.6) is 0 Å². The summed E-state index contributed by atoms with van der Waals surface area (Å²) in [5.41, 5.74) is 2.70. The Kier molecular flexibility index (Phi) is 2.97. The van der Waals surface area contributed by atoms with E-state index in [4.69, 9.17) is 23.2 Å². The predicted octanol–water partition coefficient (Wildman–Crippen LogP) is 4.28. The number of fused-ring (bicyclic) bond motifs is 1. The third-order valence-electron chi connectivity index (χ3n) is 3.55. The van der Waals surface area contributed by atoms with Crippen molar-refractivity contribution in [3.63, 3.8) is 0 Å². The second-order valence-electron chi connectivity index (χ2n) is 5.12. The lowest BCUT2D eigenvalue weighted by Crippen LogP contribution is -1.97. The highest BCUT2D eigenvalue weighted by molar-refractivity contribution is 6.32. The van der Waals surface area contributed by atoms with E-state index in [1.165, 1.54) is 18.4 Å². The molecule has 0 spiro atoms. The highest BCUT2D eigenvalue weighted by Crippen LogP contribution is 2.44. The lowest BCUT2D eigenvalue weighted by molar-refractivity contribution is 1.09. The maximum Gasteiger partial charge on any atom is 0.227 e. The number of rotatable bonds is 3. The van der Waals surface area contributed by atoms with Crippen molar-refractivity contribution in [2.75, 3.05) is 5.32 Å². The van der Waals surface area contributed by atoms with Crippen LogP contribution in [0.15, 0.2) is 24.5 Å². The summed E-state index contributed by atoms with van der Waals surface area (Å²) in [5.74, 6) is 1.06. The molecule has 0 unspecified atom stereocenters. The van der Waals surface area contributed by atoms with Crippen LogP contribution >= 0.6 is 23.2 Å². The molecule has 0 saturated heterocycles. The standard InChI is InChI=1S/C14H11Cl2N5/c15-10-3-8-5-17-14(20-12-6-18-21-13(12)16)19-11(8)4-9(10)7-1-2-7/h3-7H,1-2H2,(H,18,21)(H,17,19,20). The molecule has 1 fully saturated rings. The zero-order valence-corrected chi connectivity index (χ0v) is 12.4. The largest absolute Gasteiger partial charge is 0.320 e. The smallest absolute Gasteiger partial charge is 0.227 e. The lowest BCUT2D eigenvalue weighted by atomic mass is 10.1. The van der Waals surface area contributed by atoms with Gasteiger partial charge in [0.15, 0.2) is 0 Å². The summed E-state index contributed by atoms with van der Waals surface area (Å²) in [6.07, 6.45) is 5.74. The van der Waals surface area contributed by atoms with E-state index >= 15 is 0 Å². The molecule has 1 aliphatic carbocycles. The molecule has 2 aromatic heterocycles. The van der Waals surface area contributed by atoms with Crippen LogP contribution in [0, 0.1) is 0 Å². The number of anilines is 2. The van der Waals surface area contributed by atoms with Gasteiger partial charge in [-0.15, -0.1) is 0 Å². The molecule has 106 valence electrons. The molecule has 0 aliphatic heterocycles. The van der Waals surface area contributed by atoms with Gasteiger partial charge < -0.3 is 5.32 Å². The van der Waals surface area contributed by atoms with Gasteiger partial charge in [-0.1, -0.05) is 23.2 Å². The Labute approximate surface area is 130 Å². The molecular formula is C14H11Cl2N5. The van der Waals surface area contributed by atoms with Crippen molar-refractivity contribution in [2.45, 2.75) is 18.8 Å². The van der Waals surface area contributed by atoms with Crippen LogP contribution in [0.3, 0.4) is 0 Å². The van der Waals surface area contributed by atoms with E-state index in [-0.39, 0.29) is 0 Å². The molecule has 0 amide bonds. The zero-order chi connectivity index (χ0) is 14.4. The summed E-state index contributed by atoms with van der Waals surface area (Å²) in [7, 11) is 0. The van der Waals surface area contributed by atoms with Gasteiger partial charge in [-0.25, -0.2) is 9.97 Å². The summed E-state index contributed by atoms with van der Waals surface area (Å²) >= 11 is 12.3. The summed E-state index contributed by atoms with van der Waals surface area (Å²) in [6, 6.07) is 3.98. The predicted molar refractivity (Wildman–Crippen MR) is 83.4 cm³/mol. The average Bonchev–Trinajstić information content (AvgIpc) is 3.23. The number of hydrogen-bond acceptors (Lipinski definition) is 4. The number of aromatic nitrogens is 4. The van der Waals surface area contributed by atoms with Crippen LogP contribution in [0.2, 0.25) is 10.2 Å². The summed E-state index contributed by atoms with van der Waals surface area (Å²) < 4.78 is 0. The van der Waals surface area contributed by atoms with E-state index < -0.39 is 0 Å². The van der Waals surface area contributed by atoms with Crippen molar-refractivity contribution in [2.24, 2.45) is 0 Å². The average molecular weight is 320 g/mol. The molecule has 21 heavy (non-hydrogen) atoms. The van der Waals surface area contributed by atoms with Gasteiger partial charge in [-0.3, -0.25) is 5.10 Å². The van der Waals surface area contributed by atoms with E-state index in [1.807, 2.05) is 6.07 Å². The van der Waals surface area contributed by atoms with Crippen molar-refractivity contribution < 1.29 is 0 Å². The highest BCUT2D eigenvalue weighted by atomic mass is 35.5. The van der Waals surface area contributed by atoms with Crippen LogP contribution in [-0.4, -0.2) is 20.2 Å². The molecule has 0 atom stereocenters. The van der Waals surface area contributed by atoms with Crippen molar-refractivity contribution in [1.82, 2.24) is 20.2 Å². The number of nitrogens with zero attached hydrogens (tertiary/aromatic N) is 3. The van der Waals surface area contributed by atoms with E-state index in [1.54, 1.807) is 12.4 Å². The lowest BCUT2D eigenvalue weighted by Gasteiger charge is -2.07. The Bertz CT molecular complexity index is 825. The third-order valence-corrected chi connectivity index (χ3v) is 4.17. The van der Waals surface area contributed by atoms with E-state index in [0.717, 1.165) is 15.9 Å². The molecular weight excluding hydrogens is 309 g/mol. The first-order valence-electron chi connectivity index (χ1n) is 6.63. The number of nitrogens with one attached hydrogen (secondary N) is 2. The molecule has 0 radical (unpaired) electrons. The number of H-pyrrole nitrogens is 1. The van der Waals surface area contributed by atoms with Crippen LogP contribution in [0.1, 0.15) is 24.3 Å². The summed E-state index contributed by atoms with van der Waals surface area (Å²) in [6.45, 7) is 0. The molecule has 0 bridgehead atoms. The van der Waals surface area contributed by atoms with Gasteiger partial charge in [0.25, 0.3) is 0 Å². The normalized spacial score (nSPS) is 14.6. The van der Waals surface area contributed by atoms with Crippen LogP contribution < -0.4 is 5.32 Å². The van der Waals surface area contributed by atoms with Crippen molar-refractivity contribution in [1.29, 1.82) is 0 Å². The molecule has 1 saturated carbocycles. The molecule has 2 N–H and O–H groups in total. The third kappa shape index (κ3) is 2.43. The van der Waals surface area contributed by atoms with Crippen LogP contribution in [0.25, 0.3) is 10.9 Å². The Morgan fingerprint density at radius 3 is 2.76 bits per heavy atom. The Balaban J connectivity index is 1.74. The molecule has 2 heterocycles. The topological polar surface area (TPSA) is 66.5 Å². The van der Waals surface area contributed by atoms with Crippen molar-refractivity contribution in [3.05, 3.63) is 40.3 Å². The number of halogens is 2. The fourth-order valence-electron chi connectivity index (χ4n) is 2.31. The first kappa shape index (κ1) is 12.9. The number of benzene rings is 1. The Morgan fingerprint density at radius 2 is 2.05 bits per heavy atom. The van der Waals surface area contributed by atoms with Gasteiger partial charge in [0.1, 0.15) is 5.15 Å². The first-order chi connectivity index (χ1) is 10.2. The minimum atomic E-state index is 0.425. The minimum Gasteiger partial charge on any atom is -0.320 e. The minimum absolute atomic E-state index is 0.425. The van der Waals surface area contributed by atoms with Gasteiger partial charge in [0.2, 0.25) is 5.95 Å². The van der Waals surface area contributed by atoms with E-state index in [2.05, 4.69) is 31.5 Å². The van der Waals surface area contributed by atoms with Gasteiger partial charge >= 0.3 is 0 Å². The molecule has 3 aromatic rings. The second kappa shape index (κ2) is 4.86. The Morgan fingerprint density at radius 1 is 1.19 bits per heavy atom. The van der Waals surface area contributed by atoms with Gasteiger partial charge in [-0.05, 0) is 36.5 Å². The SMILES string of the molecule is Clc1cc2cnc(Nc3cn[nH]c3Cl)nc2cc1C1CC1. The fourth-order valence-corrected chi connectivity index (χ4v) is 2.78. The summed E-state index contributed by atoms with van der Waals surface area (Å²) in [4.78, 5) is 8.79. The molecule has 7 heteroatoms. The van der Waals surface area contributed by atoms with Crippen LogP contribution in [0.4, 0.5) is 11.6 Å². The second-order valence-corrected chi connectivity index (χ2v) is 5.91. The highest BCUT2D eigenvalue weighted by Gasteiger charge is 2.26. The molecule has 1 aromatic carbocycles. The Hall–Kier alpha value is -1.85. The molecule has 4 rings (SSSR count). The molecule has 1 aliphatic rings. The van der Waals surface area contributed by atoms with Gasteiger partial charge in [-0.2, -0.15) is 5.10 Å². The first-order valence-corrected chi connectivity index (χ1v) is 7.38. The molecule has 5 nitrogen and oxygen atoms in total. The van der Waals surface area contributed by atoms with E-state index in [9.17, 15) is 0 Å². The summed E-state index contributed by atoms with van der Waals surface area (Å²) in [5, 5.41) is 11.7. The van der Waals surface area contributed by atoms with Gasteiger partial charge in [0, 0.05) is 16.6 Å².